The van der Waals surface area contributed by atoms with Crippen LogP contribution in [0.1, 0.15) is 11.5 Å². The van der Waals surface area contributed by atoms with E-state index in [0.717, 1.165) is 16.8 Å². The summed E-state index contributed by atoms with van der Waals surface area (Å²) in [5.41, 5.74) is 2.96. The Balaban J connectivity index is 1.48. The molecule has 1 N–H and O–H groups in total. The molecule has 1 aromatic carbocycles. The lowest BCUT2D eigenvalue weighted by Gasteiger charge is -2.09. The van der Waals surface area contributed by atoms with Gasteiger partial charge in [-0.15, -0.1) is 0 Å². The maximum atomic E-state index is 12.6. The predicted octanol–water partition coefficient (Wildman–Crippen LogP) is 4.94. The van der Waals surface area contributed by atoms with Crippen LogP contribution in [0.2, 0.25) is 0 Å². The minimum Gasteiger partial charge on any atom is -0.366 e. The maximum absolute atomic E-state index is 12.6. The number of halogens is 3. The zero-order valence-electron chi connectivity index (χ0n) is 16.1. The monoisotopic (exact) mass is 444 g/mol. The number of hydrogen-bond acceptors (Lipinski definition) is 8. The maximum Gasteiger partial charge on any atom is 0.471 e. The lowest BCUT2D eigenvalue weighted by molar-refractivity contribution is -0.159. The van der Waals surface area contributed by atoms with E-state index in [0.29, 0.717) is 23.1 Å². The highest BCUT2D eigenvalue weighted by Gasteiger charge is 2.38. The number of aromatic nitrogens is 5. The first kappa shape index (κ1) is 20.8. The molecule has 0 aliphatic rings. The van der Waals surface area contributed by atoms with Crippen molar-refractivity contribution in [1.29, 1.82) is 0 Å². The molecule has 158 valence electrons. The second-order valence-corrected chi connectivity index (χ2v) is 7.11. The number of benzene rings is 1. The molecule has 0 radical (unpaired) electrons. The summed E-state index contributed by atoms with van der Waals surface area (Å²) in [6.45, 7) is 0.456. The highest BCUT2D eigenvalue weighted by molar-refractivity contribution is 7.98. The second-order valence-electron chi connectivity index (χ2n) is 6.34. The van der Waals surface area contributed by atoms with Crippen LogP contribution in [0.15, 0.2) is 64.5 Å². The molecule has 0 saturated heterocycles. The standard InChI is InChI=1S/C20H15F3N6OS/c1-31-19-26-15(14-3-2-8-24-11-14)9-16(27-19)25-10-12-4-6-13(7-5-12)17-28-18(30-29-17)20(21,22)23/h2-9,11H,10H2,1H3,(H,25,26,27). The third-order valence-electron chi connectivity index (χ3n) is 4.20. The van der Waals surface area contributed by atoms with Crippen LogP contribution >= 0.6 is 11.8 Å². The lowest BCUT2D eigenvalue weighted by Crippen LogP contribution is -2.05. The molecular formula is C20H15F3N6OS. The number of pyridine rings is 1. The molecule has 0 fully saturated rings. The minimum atomic E-state index is -4.67. The molecule has 7 nitrogen and oxygen atoms in total. The van der Waals surface area contributed by atoms with Crippen molar-refractivity contribution in [3.63, 3.8) is 0 Å². The number of anilines is 1. The Hall–Kier alpha value is -3.47. The lowest BCUT2D eigenvalue weighted by atomic mass is 10.1. The van der Waals surface area contributed by atoms with E-state index in [1.165, 1.54) is 11.8 Å². The van der Waals surface area contributed by atoms with Gasteiger partial charge in [-0.05, 0) is 24.0 Å². The first-order chi connectivity index (χ1) is 14.9. The molecule has 4 aromatic rings. The van der Waals surface area contributed by atoms with Crippen molar-refractivity contribution < 1.29 is 17.7 Å². The molecule has 0 spiro atoms. The molecule has 0 amide bonds. The second kappa shape index (κ2) is 8.72. The van der Waals surface area contributed by atoms with Gasteiger partial charge in [-0.3, -0.25) is 4.98 Å². The van der Waals surface area contributed by atoms with Gasteiger partial charge in [0, 0.05) is 36.1 Å². The van der Waals surface area contributed by atoms with Crippen LogP contribution in [-0.4, -0.2) is 31.3 Å². The fraction of sp³-hybridized carbons (Fsp3) is 0.150. The molecule has 0 aliphatic heterocycles. The van der Waals surface area contributed by atoms with Crippen LogP contribution in [0, 0.1) is 0 Å². The summed E-state index contributed by atoms with van der Waals surface area (Å²) in [7, 11) is 0. The van der Waals surface area contributed by atoms with Gasteiger partial charge in [-0.2, -0.15) is 18.2 Å². The Labute approximate surface area is 179 Å². The quantitative estimate of drug-likeness (QED) is 0.330. The van der Waals surface area contributed by atoms with E-state index in [-0.39, 0.29) is 5.82 Å². The molecule has 11 heteroatoms. The molecule has 3 heterocycles. The third-order valence-corrected chi connectivity index (χ3v) is 4.75. The van der Waals surface area contributed by atoms with E-state index in [2.05, 4.69) is 34.9 Å². The average molecular weight is 444 g/mol. The molecule has 3 aromatic heterocycles. The molecule has 0 saturated carbocycles. The number of hydrogen-bond donors (Lipinski definition) is 1. The van der Waals surface area contributed by atoms with Gasteiger partial charge in [-0.1, -0.05) is 41.2 Å². The van der Waals surface area contributed by atoms with Crippen LogP contribution in [-0.2, 0) is 12.7 Å². The first-order valence-electron chi connectivity index (χ1n) is 9.00. The van der Waals surface area contributed by atoms with Crippen molar-refractivity contribution in [2.45, 2.75) is 17.9 Å². The van der Waals surface area contributed by atoms with Gasteiger partial charge in [0.1, 0.15) is 5.82 Å². The van der Waals surface area contributed by atoms with E-state index in [1.807, 2.05) is 24.5 Å². The smallest absolute Gasteiger partial charge is 0.366 e. The highest BCUT2D eigenvalue weighted by atomic mass is 32.2. The Kier molecular flexibility index (Phi) is 5.85. The number of nitrogens with one attached hydrogen (secondary N) is 1. The summed E-state index contributed by atoms with van der Waals surface area (Å²) in [4.78, 5) is 16.5. The Morgan fingerprint density at radius 3 is 2.48 bits per heavy atom. The van der Waals surface area contributed by atoms with Gasteiger partial charge in [0.25, 0.3) is 0 Å². The predicted molar refractivity (Wildman–Crippen MR) is 109 cm³/mol. The van der Waals surface area contributed by atoms with Gasteiger partial charge in [-0.25, -0.2) is 9.97 Å². The topological polar surface area (TPSA) is 89.6 Å². The zero-order chi connectivity index (χ0) is 21.8. The molecular weight excluding hydrogens is 429 g/mol. The molecule has 0 atom stereocenters. The van der Waals surface area contributed by atoms with Gasteiger partial charge >= 0.3 is 12.1 Å². The largest absolute Gasteiger partial charge is 0.471 e. The minimum absolute atomic E-state index is 0.117. The fourth-order valence-corrected chi connectivity index (χ4v) is 3.07. The zero-order valence-corrected chi connectivity index (χ0v) is 16.9. The number of alkyl halides is 3. The number of thioether (sulfide) groups is 1. The highest BCUT2D eigenvalue weighted by Crippen LogP contribution is 2.29. The van der Waals surface area contributed by atoms with Crippen LogP contribution < -0.4 is 5.32 Å². The summed E-state index contributed by atoms with van der Waals surface area (Å²) in [5.74, 6) is -0.838. The van der Waals surface area contributed by atoms with E-state index < -0.39 is 12.1 Å². The van der Waals surface area contributed by atoms with Crippen molar-refractivity contribution in [2.75, 3.05) is 11.6 Å². The van der Waals surface area contributed by atoms with Gasteiger partial charge < -0.3 is 9.84 Å². The Morgan fingerprint density at radius 1 is 1.03 bits per heavy atom. The molecule has 31 heavy (non-hydrogen) atoms. The van der Waals surface area contributed by atoms with E-state index in [4.69, 9.17) is 0 Å². The summed E-state index contributed by atoms with van der Waals surface area (Å²) >= 11 is 1.43. The molecule has 0 aliphatic carbocycles. The Morgan fingerprint density at radius 2 is 1.84 bits per heavy atom. The van der Waals surface area contributed by atoms with Crippen molar-refractivity contribution in [3.8, 4) is 22.6 Å². The SMILES string of the molecule is CSc1nc(NCc2ccc(-c3noc(C(F)(F)F)n3)cc2)cc(-c2cccnc2)n1. The number of rotatable bonds is 6. The summed E-state index contributed by atoms with van der Waals surface area (Å²) < 4.78 is 42.1. The molecule has 4 rings (SSSR count). The summed E-state index contributed by atoms with van der Waals surface area (Å²) in [5, 5.41) is 7.26. The van der Waals surface area contributed by atoms with E-state index in [1.54, 1.807) is 36.7 Å². The van der Waals surface area contributed by atoms with Crippen LogP contribution in [0.25, 0.3) is 22.6 Å². The van der Waals surface area contributed by atoms with Crippen LogP contribution in [0.4, 0.5) is 19.0 Å². The molecule has 0 unspecified atom stereocenters. The first-order valence-corrected chi connectivity index (χ1v) is 10.2. The van der Waals surface area contributed by atoms with E-state index >= 15 is 0 Å². The number of nitrogens with zero attached hydrogens (tertiary/aromatic N) is 5. The summed E-state index contributed by atoms with van der Waals surface area (Å²) in [6.07, 6.45) is 0.655. The summed E-state index contributed by atoms with van der Waals surface area (Å²) in [6, 6.07) is 12.4. The van der Waals surface area contributed by atoms with Crippen LogP contribution in [0.5, 0.6) is 0 Å². The van der Waals surface area contributed by atoms with Gasteiger partial charge in [0.05, 0.1) is 5.69 Å². The van der Waals surface area contributed by atoms with Gasteiger partial charge in [0.15, 0.2) is 5.16 Å². The van der Waals surface area contributed by atoms with Crippen molar-refractivity contribution in [1.82, 2.24) is 25.1 Å². The van der Waals surface area contributed by atoms with Crippen molar-refractivity contribution >= 4 is 17.6 Å². The average Bonchev–Trinajstić information content (AvgIpc) is 3.29. The van der Waals surface area contributed by atoms with Crippen molar-refractivity contribution in [3.05, 3.63) is 66.3 Å². The normalized spacial score (nSPS) is 11.5. The van der Waals surface area contributed by atoms with Crippen LogP contribution in [0.3, 0.4) is 0 Å². The van der Waals surface area contributed by atoms with Crippen molar-refractivity contribution in [2.24, 2.45) is 0 Å². The Bertz CT molecular complexity index is 1170. The van der Waals surface area contributed by atoms with Gasteiger partial charge in [0.2, 0.25) is 5.82 Å². The molecule has 0 bridgehead atoms. The van der Waals surface area contributed by atoms with E-state index in [9.17, 15) is 13.2 Å². The third kappa shape index (κ3) is 5.00. The fourth-order valence-electron chi connectivity index (χ4n) is 2.69.